The quantitative estimate of drug-likeness (QED) is 0.653. The lowest BCUT2D eigenvalue weighted by Crippen LogP contribution is -2.54. The second-order valence-electron chi connectivity index (χ2n) is 7.39. The molecule has 2 aliphatic rings. The first-order valence-corrected chi connectivity index (χ1v) is 10.9. The van der Waals surface area contributed by atoms with Gasteiger partial charge in [-0.2, -0.15) is 0 Å². The minimum atomic E-state index is -1.01. The van der Waals surface area contributed by atoms with Gasteiger partial charge >= 0.3 is 0 Å². The van der Waals surface area contributed by atoms with Crippen LogP contribution in [0.25, 0.3) is 0 Å². The molecule has 0 bridgehead atoms. The van der Waals surface area contributed by atoms with Gasteiger partial charge in [-0.05, 0) is 38.2 Å². The van der Waals surface area contributed by atoms with Gasteiger partial charge in [0, 0.05) is 30.0 Å². The summed E-state index contributed by atoms with van der Waals surface area (Å²) in [5, 5.41) is 8.96. The van der Waals surface area contributed by atoms with Crippen molar-refractivity contribution in [3.05, 3.63) is 40.7 Å². The third kappa shape index (κ3) is 3.57. The predicted octanol–water partition coefficient (Wildman–Crippen LogP) is 4.19. The molecule has 0 radical (unpaired) electrons. The van der Waals surface area contributed by atoms with E-state index in [1.54, 1.807) is 18.0 Å². The highest BCUT2D eigenvalue weighted by atomic mass is 35.5. The monoisotopic (exact) mass is 419 g/mol. The first-order chi connectivity index (χ1) is 13.5. The van der Waals surface area contributed by atoms with E-state index in [0.29, 0.717) is 40.5 Å². The van der Waals surface area contributed by atoms with Gasteiger partial charge in [-0.25, -0.2) is 0 Å². The van der Waals surface area contributed by atoms with E-state index in [0.717, 1.165) is 25.7 Å². The third-order valence-corrected chi connectivity index (χ3v) is 6.72. The minimum absolute atomic E-state index is 0.0431. The zero-order valence-corrected chi connectivity index (χ0v) is 17.3. The maximum atomic E-state index is 13.1. The average molecular weight is 420 g/mol. The molecule has 0 saturated heterocycles. The van der Waals surface area contributed by atoms with Crippen molar-refractivity contribution < 1.29 is 14.0 Å². The van der Waals surface area contributed by atoms with Gasteiger partial charge in [-0.3, -0.25) is 9.59 Å². The van der Waals surface area contributed by atoms with E-state index < -0.39 is 5.54 Å². The van der Waals surface area contributed by atoms with Gasteiger partial charge in [0.05, 0.1) is 5.75 Å². The Bertz CT molecular complexity index is 898. The van der Waals surface area contributed by atoms with Gasteiger partial charge in [0.2, 0.25) is 11.8 Å². The van der Waals surface area contributed by atoms with Crippen LogP contribution in [0.15, 0.2) is 33.9 Å². The first kappa shape index (κ1) is 19.5. The number of likely N-dealkylation sites (N-methyl/N-ethyl adjacent to an activating group) is 1. The van der Waals surface area contributed by atoms with Crippen LogP contribution in [-0.2, 0) is 15.1 Å². The molecule has 28 heavy (non-hydrogen) atoms. The van der Waals surface area contributed by atoms with Crippen LogP contribution in [0.5, 0.6) is 0 Å². The molecule has 6 nitrogen and oxygen atoms in total. The number of amides is 1. The Morgan fingerprint density at radius 1 is 1.32 bits per heavy atom. The van der Waals surface area contributed by atoms with Crippen molar-refractivity contribution >= 4 is 35.1 Å². The molecule has 1 aromatic carbocycles. The molecule has 148 valence electrons. The molecule has 2 fully saturated rings. The van der Waals surface area contributed by atoms with Gasteiger partial charge in [0.1, 0.15) is 5.54 Å². The average Bonchev–Trinajstić information content (AvgIpc) is 3.45. The molecular weight excluding hydrogens is 398 g/mol. The van der Waals surface area contributed by atoms with Crippen molar-refractivity contribution in [3.8, 4) is 0 Å². The number of halogens is 1. The molecule has 1 atom stereocenters. The standard InChI is InChI=1S/C20H22ClN3O3S/c1-24(17(26)12-28-19-23-22-18(27-19)13-9-10-13)20(11-5-4-8-16(20)25)14-6-2-3-7-15(14)21/h2-3,6-7,13H,4-5,8-12H2,1H3. The van der Waals surface area contributed by atoms with Crippen molar-refractivity contribution in [2.24, 2.45) is 0 Å². The number of hydrogen-bond acceptors (Lipinski definition) is 6. The first-order valence-electron chi connectivity index (χ1n) is 9.53. The molecule has 1 unspecified atom stereocenters. The Morgan fingerprint density at radius 2 is 2.11 bits per heavy atom. The number of thioether (sulfide) groups is 1. The number of hydrogen-bond donors (Lipinski definition) is 0. The Labute approximate surface area is 173 Å². The summed E-state index contributed by atoms with van der Waals surface area (Å²) >= 11 is 7.65. The van der Waals surface area contributed by atoms with E-state index in [1.807, 2.05) is 18.2 Å². The van der Waals surface area contributed by atoms with E-state index in [9.17, 15) is 9.59 Å². The summed E-state index contributed by atoms with van der Waals surface area (Å²) in [6.07, 6.45) is 4.90. The summed E-state index contributed by atoms with van der Waals surface area (Å²) in [5.41, 5.74) is -0.307. The fourth-order valence-corrected chi connectivity index (χ4v) is 4.81. The van der Waals surface area contributed by atoms with E-state index in [2.05, 4.69) is 10.2 Å². The zero-order valence-electron chi connectivity index (χ0n) is 15.7. The number of nitrogens with zero attached hydrogens (tertiary/aromatic N) is 3. The van der Waals surface area contributed by atoms with Crippen LogP contribution in [0.4, 0.5) is 0 Å². The number of benzene rings is 1. The van der Waals surface area contributed by atoms with E-state index in [-0.39, 0.29) is 17.4 Å². The van der Waals surface area contributed by atoms with Gasteiger partial charge in [0.15, 0.2) is 5.78 Å². The molecule has 1 heterocycles. The third-order valence-electron chi connectivity index (χ3n) is 5.59. The number of Topliss-reactive ketones (excluding diaryl/α,β-unsaturated/α-hetero) is 1. The molecule has 0 aliphatic heterocycles. The zero-order chi connectivity index (χ0) is 19.7. The molecule has 1 amide bonds. The van der Waals surface area contributed by atoms with Crippen LogP contribution < -0.4 is 0 Å². The molecule has 2 aliphatic carbocycles. The number of carbonyl (C=O) groups excluding carboxylic acids is 2. The van der Waals surface area contributed by atoms with Crippen LogP contribution in [0, 0.1) is 0 Å². The Morgan fingerprint density at radius 3 is 2.82 bits per heavy atom. The molecule has 4 rings (SSSR count). The Balaban J connectivity index is 1.54. The number of aromatic nitrogens is 2. The summed E-state index contributed by atoms with van der Waals surface area (Å²) in [7, 11) is 1.69. The fraction of sp³-hybridized carbons (Fsp3) is 0.500. The largest absolute Gasteiger partial charge is 0.416 e. The Hall–Kier alpha value is -1.86. The maximum Gasteiger partial charge on any atom is 0.277 e. The topological polar surface area (TPSA) is 76.3 Å². The van der Waals surface area contributed by atoms with Crippen LogP contribution in [0.2, 0.25) is 5.02 Å². The van der Waals surface area contributed by atoms with Crippen LogP contribution in [0.3, 0.4) is 0 Å². The minimum Gasteiger partial charge on any atom is -0.416 e. The molecule has 1 aromatic heterocycles. The second-order valence-corrected chi connectivity index (χ2v) is 8.73. The molecule has 2 aromatic rings. The molecular formula is C20H22ClN3O3S. The van der Waals surface area contributed by atoms with Crippen molar-refractivity contribution in [1.82, 2.24) is 15.1 Å². The molecule has 2 saturated carbocycles. The normalized spacial score (nSPS) is 22.3. The SMILES string of the molecule is CN(C(=O)CSc1nnc(C2CC2)o1)C1(c2ccccc2Cl)CCCCC1=O. The van der Waals surface area contributed by atoms with Crippen LogP contribution in [-0.4, -0.2) is 39.6 Å². The lowest BCUT2D eigenvalue weighted by atomic mass is 9.74. The van der Waals surface area contributed by atoms with Crippen LogP contribution in [0.1, 0.15) is 55.9 Å². The van der Waals surface area contributed by atoms with Crippen molar-refractivity contribution in [1.29, 1.82) is 0 Å². The smallest absolute Gasteiger partial charge is 0.277 e. The molecule has 0 spiro atoms. The van der Waals surface area contributed by atoms with Crippen molar-refractivity contribution in [2.45, 2.75) is 55.2 Å². The number of rotatable bonds is 6. The fourth-order valence-electron chi connectivity index (χ4n) is 3.84. The lowest BCUT2D eigenvalue weighted by Gasteiger charge is -2.44. The highest BCUT2D eigenvalue weighted by Crippen LogP contribution is 2.43. The summed E-state index contributed by atoms with van der Waals surface area (Å²) in [5.74, 6) is 1.04. The van der Waals surface area contributed by atoms with Crippen LogP contribution >= 0.6 is 23.4 Å². The number of carbonyl (C=O) groups is 2. The van der Waals surface area contributed by atoms with E-state index >= 15 is 0 Å². The number of ketones is 1. The molecule has 8 heteroatoms. The highest BCUT2D eigenvalue weighted by Gasteiger charge is 2.47. The van der Waals surface area contributed by atoms with Crippen molar-refractivity contribution in [2.75, 3.05) is 12.8 Å². The van der Waals surface area contributed by atoms with Gasteiger partial charge in [-0.15, -0.1) is 10.2 Å². The summed E-state index contributed by atoms with van der Waals surface area (Å²) in [4.78, 5) is 27.7. The van der Waals surface area contributed by atoms with Gasteiger partial charge < -0.3 is 9.32 Å². The Kier molecular flexibility index (Phi) is 5.47. The predicted molar refractivity (Wildman–Crippen MR) is 106 cm³/mol. The van der Waals surface area contributed by atoms with Gasteiger partial charge in [-0.1, -0.05) is 41.6 Å². The van der Waals surface area contributed by atoms with Crippen molar-refractivity contribution in [3.63, 3.8) is 0 Å². The van der Waals surface area contributed by atoms with E-state index in [4.69, 9.17) is 16.0 Å². The highest BCUT2D eigenvalue weighted by molar-refractivity contribution is 7.99. The lowest BCUT2D eigenvalue weighted by molar-refractivity contribution is -0.146. The van der Waals surface area contributed by atoms with E-state index in [1.165, 1.54) is 11.8 Å². The molecule has 0 N–H and O–H groups in total. The van der Waals surface area contributed by atoms with Gasteiger partial charge in [0.25, 0.3) is 5.22 Å². The second kappa shape index (κ2) is 7.87. The summed E-state index contributed by atoms with van der Waals surface area (Å²) in [6.45, 7) is 0. The summed E-state index contributed by atoms with van der Waals surface area (Å²) < 4.78 is 5.62. The summed E-state index contributed by atoms with van der Waals surface area (Å²) in [6, 6.07) is 7.31. The maximum absolute atomic E-state index is 13.1.